The number of nitrogens with one attached hydrogen (secondary N) is 1. The number of hydrogen-bond donors (Lipinski definition) is 1. The molecule has 0 aliphatic carbocycles. The number of rotatable bonds is 3. The van der Waals surface area contributed by atoms with Crippen LogP contribution in [0.5, 0.6) is 0 Å². The number of hydrogen-bond acceptors (Lipinski definition) is 2. The highest BCUT2D eigenvalue weighted by Crippen LogP contribution is 2.25. The van der Waals surface area contributed by atoms with E-state index in [1.807, 2.05) is 0 Å². The van der Waals surface area contributed by atoms with Gasteiger partial charge in [-0.1, -0.05) is 35.9 Å². The molecule has 0 spiro atoms. The Kier molecular flexibility index (Phi) is 4.36. The molecule has 0 radical (unpaired) electrons. The van der Waals surface area contributed by atoms with E-state index in [2.05, 4.69) is 5.32 Å². The normalized spacial score (nSPS) is 10.8. The molecule has 1 heterocycles. The molecular formula is C18H14ClFN2O2. The number of halogens is 2. The molecule has 0 aliphatic rings. The zero-order chi connectivity index (χ0) is 17.3. The molecule has 0 fully saturated rings. The van der Waals surface area contributed by atoms with Gasteiger partial charge in [0, 0.05) is 35.6 Å². The number of carbonyl (C=O) groups excluding carboxylic acids is 2. The van der Waals surface area contributed by atoms with Gasteiger partial charge in [-0.15, -0.1) is 0 Å². The summed E-state index contributed by atoms with van der Waals surface area (Å²) >= 11 is 5.98. The third kappa shape index (κ3) is 3.03. The molecule has 0 atom stereocenters. The second kappa shape index (κ2) is 6.45. The van der Waals surface area contributed by atoms with E-state index in [0.29, 0.717) is 27.1 Å². The third-order valence-corrected chi connectivity index (χ3v) is 3.98. The van der Waals surface area contributed by atoms with Gasteiger partial charge in [0.15, 0.2) is 0 Å². The lowest BCUT2D eigenvalue weighted by Gasteiger charge is -2.05. The SMILES string of the molecule is CC(=O)n1cc(C(=O)NCc2ccccc2F)c2ccc(Cl)cc21. The van der Waals surface area contributed by atoms with Crippen LogP contribution in [0.25, 0.3) is 10.9 Å². The number of benzene rings is 2. The van der Waals surface area contributed by atoms with Gasteiger partial charge in [-0.25, -0.2) is 4.39 Å². The summed E-state index contributed by atoms with van der Waals surface area (Å²) < 4.78 is 15.0. The number of amides is 1. The Morgan fingerprint density at radius 3 is 2.67 bits per heavy atom. The summed E-state index contributed by atoms with van der Waals surface area (Å²) in [6, 6.07) is 11.2. The molecule has 3 rings (SSSR count). The van der Waals surface area contributed by atoms with Crippen molar-refractivity contribution >= 4 is 34.3 Å². The van der Waals surface area contributed by atoms with Gasteiger partial charge in [-0.2, -0.15) is 0 Å². The fraction of sp³-hybridized carbons (Fsp3) is 0.111. The summed E-state index contributed by atoms with van der Waals surface area (Å²) in [4.78, 5) is 24.2. The predicted molar refractivity (Wildman–Crippen MR) is 90.8 cm³/mol. The second-order valence-electron chi connectivity index (χ2n) is 5.37. The van der Waals surface area contributed by atoms with Crippen molar-refractivity contribution in [3.63, 3.8) is 0 Å². The summed E-state index contributed by atoms with van der Waals surface area (Å²) in [5.74, 6) is -0.989. The van der Waals surface area contributed by atoms with Gasteiger partial charge in [-0.3, -0.25) is 14.2 Å². The maximum absolute atomic E-state index is 13.6. The highest BCUT2D eigenvalue weighted by Gasteiger charge is 2.17. The molecule has 24 heavy (non-hydrogen) atoms. The summed E-state index contributed by atoms with van der Waals surface area (Å²) in [6.07, 6.45) is 1.47. The predicted octanol–water partition coefficient (Wildman–Crippen LogP) is 4.02. The summed E-state index contributed by atoms with van der Waals surface area (Å²) in [5, 5.41) is 3.76. The molecule has 4 nitrogen and oxygen atoms in total. The minimum atomic E-state index is -0.384. The molecule has 6 heteroatoms. The Balaban J connectivity index is 1.93. The maximum atomic E-state index is 13.6. The Morgan fingerprint density at radius 2 is 1.96 bits per heavy atom. The fourth-order valence-corrected chi connectivity index (χ4v) is 2.72. The molecule has 3 aromatic rings. The van der Waals surface area contributed by atoms with E-state index in [4.69, 9.17) is 11.6 Å². The Labute approximate surface area is 142 Å². The van der Waals surface area contributed by atoms with Crippen molar-refractivity contribution in [3.8, 4) is 0 Å². The van der Waals surface area contributed by atoms with Gasteiger partial charge < -0.3 is 5.32 Å². The lowest BCUT2D eigenvalue weighted by Crippen LogP contribution is -2.23. The van der Waals surface area contributed by atoms with Crippen molar-refractivity contribution in [2.24, 2.45) is 0 Å². The van der Waals surface area contributed by atoms with E-state index in [1.54, 1.807) is 36.4 Å². The van der Waals surface area contributed by atoms with Crippen LogP contribution in [0.2, 0.25) is 5.02 Å². The smallest absolute Gasteiger partial charge is 0.253 e. The largest absolute Gasteiger partial charge is 0.348 e. The molecule has 0 bridgehead atoms. The first-order valence-electron chi connectivity index (χ1n) is 7.30. The zero-order valence-corrected chi connectivity index (χ0v) is 13.6. The number of aromatic nitrogens is 1. The van der Waals surface area contributed by atoms with Crippen LogP contribution in [-0.2, 0) is 6.54 Å². The first-order chi connectivity index (χ1) is 11.5. The molecule has 122 valence electrons. The molecule has 1 aromatic heterocycles. The molecule has 2 aromatic carbocycles. The van der Waals surface area contributed by atoms with Crippen molar-refractivity contribution in [1.29, 1.82) is 0 Å². The van der Waals surface area contributed by atoms with Gasteiger partial charge >= 0.3 is 0 Å². The molecule has 0 saturated carbocycles. The minimum absolute atomic E-state index is 0.0614. The lowest BCUT2D eigenvalue weighted by molar-refractivity contribution is 0.0941. The van der Waals surface area contributed by atoms with Crippen LogP contribution in [-0.4, -0.2) is 16.4 Å². The van der Waals surface area contributed by atoms with Crippen molar-refractivity contribution in [2.45, 2.75) is 13.5 Å². The standard InChI is InChI=1S/C18H14ClFN2O2/c1-11(23)22-10-15(14-7-6-13(19)8-17(14)22)18(24)21-9-12-4-2-3-5-16(12)20/h2-8,10H,9H2,1H3,(H,21,24). The molecular weight excluding hydrogens is 331 g/mol. The first-order valence-corrected chi connectivity index (χ1v) is 7.68. The van der Waals surface area contributed by atoms with Crippen molar-refractivity contribution in [1.82, 2.24) is 9.88 Å². The summed E-state index contributed by atoms with van der Waals surface area (Å²) in [6.45, 7) is 1.47. The molecule has 0 aliphatic heterocycles. The van der Waals surface area contributed by atoms with Gasteiger partial charge in [0.25, 0.3) is 5.91 Å². The van der Waals surface area contributed by atoms with Crippen LogP contribution in [0.1, 0.15) is 27.6 Å². The lowest BCUT2D eigenvalue weighted by atomic mass is 10.1. The molecule has 1 N–H and O–H groups in total. The Hall–Kier alpha value is -2.66. The number of nitrogens with zero attached hydrogens (tertiary/aromatic N) is 1. The highest BCUT2D eigenvalue weighted by atomic mass is 35.5. The van der Waals surface area contributed by atoms with E-state index in [-0.39, 0.29) is 24.2 Å². The summed E-state index contributed by atoms with van der Waals surface area (Å²) in [5.41, 5.74) is 1.29. The van der Waals surface area contributed by atoms with E-state index >= 15 is 0 Å². The van der Waals surface area contributed by atoms with Crippen LogP contribution in [0, 0.1) is 5.82 Å². The van der Waals surface area contributed by atoms with Crippen LogP contribution < -0.4 is 5.32 Å². The topological polar surface area (TPSA) is 51.1 Å². The molecule has 1 amide bonds. The third-order valence-electron chi connectivity index (χ3n) is 3.75. The van der Waals surface area contributed by atoms with Crippen molar-refractivity contribution in [2.75, 3.05) is 0 Å². The monoisotopic (exact) mass is 344 g/mol. The quantitative estimate of drug-likeness (QED) is 0.780. The Morgan fingerprint density at radius 1 is 1.21 bits per heavy atom. The van der Waals surface area contributed by atoms with E-state index in [1.165, 1.54) is 23.8 Å². The minimum Gasteiger partial charge on any atom is -0.348 e. The molecule has 0 saturated heterocycles. The Bertz CT molecular complexity index is 949. The maximum Gasteiger partial charge on any atom is 0.253 e. The highest BCUT2D eigenvalue weighted by molar-refractivity contribution is 6.31. The number of carbonyl (C=O) groups is 2. The second-order valence-corrected chi connectivity index (χ2v) is 5.80. The summed E-state index contributed by atoms with van der Waals surface area (Å²) in [7, 11) is 0. The van der Waals surface area contributed by atoms with Crippen molar-refractivity contribution in [3.05, 3.63) is 70.6 Å². The van der Waals surface area contributed by atoms with Crippen molar-refractivity contribution < 1.29 is 14.0 Å². The fourth-order valence-electron chi connectivity index (χ4n) is 2.55. The van der Waals surface area contributed by atoms with Crippen LogP contribution in [0.3, 0.4) is 0 Å². The zero-order valence-electron chi connectivity index (χ0n) is 12.8. The van der Waals surface area contributed by atoms with Crippen LogP contribution in [0.4, 0.5) is 4.39 Å². The van der Waals surface area contributed by atoms with E-state index in [0.717, 1.165) is 0 Å². The van der Waals surface area contributed by atoms with E-state index < -0.39 is 0 Å². The molecule has 0 unspecified atom stereocenters. The van der Waals surface area contributed by atoms with Gasteiger partial charge in [0.2, 0.25) is 5.91 Å². The number of fused-ring (bicyclic) bond motifs is 1. The first kappa shape index (κ1) is 16.2. The van der Waals surface area contributed by atoms with Crippen LogP contribution >= 0.6 is 11.6 Å². The van der Waals surface area contributed by atoms with E-state index in [9.17, 15) is 14.0 Å². The van der Waals surface area contributed by atoms with Crippen LogP contribution in [0.15, 0.2) is 48.7 Å². The van der Waals surface area contributed by atoms with Gasteiger partial charge in [0.05, 0.1) is 11.1 Å². The average molecular weight is 345 g/mol. The van der Waals surface area contributed by atoms with Gasteiger partial charge in [-0.05, 0) is 18.2 Å². The van der Waals surface area contributed by atoms with Gasteiger partial charge in [0.1, 0.15) is 5.82 Å². The average Bonchev–Trinajstić information content (AvgIpc) is 2.92.